The van der Waals surface area contributed by atoms with Gasteiger partial charge in [0.15, 0.2) is 0 Å². The van der Waals surface area contributed by atoms with Crippen molar-refractivity contribution in [2.24, 2.45) is 5.92 Å². The molecule has 1 amide bonds. The average molecular weight is 586 g/mol. The second kappa shape index (κ2) is 13.9. The number of hydrogen-bond donors (Lipinski definition) is 2. The summed E-state index contributed by atoms with van der Waals surface area (Å²) in [4.78, 5) is 38.9. The molecule has 2 aliphatic rings. The van der Waals surface area contributed by atoms with Gasteiger partial charge in [-0.3, -0.25) is 14.6 Å². The Morgan fingerprint density at radius 3 is 2.47 bits per heavy atom. The van der Waals surface area contributed by atoms with Gasteiger partial charge in [-0.15, -0.1) is 0 Å². The zero-order valence-corrected chi connectivity index (χ0v) is 26.5. The summed E-state index contributed by atoms with van der Waals surface area (Å²) < 4.78 is 5.66. The number of aryl methyl sites for hydroxylation is 2. The largest absolute Gasteiger partial charge is 0.381 e. The Balaban J connectivity index is 1.45. The number of aromatic amines is 1. The number of anilines is 1. The molecule has 3 aromatic rings. The molecular weight excluding hydrogens is 538 g/mol. The molecule has 8 heteroatoms. The van der Waals surface area contributed by atoms with Crippen LogP contribution in [0.2, 0.25) is 0 Å². The smallest absolute Gasteiger partial charge is 0.253 e. The van der Waals surface area contributed by atoms with Crippen molar-refractivity contribution in [3.05, 3.63) is 80.5 Å². The zero-order valence-electron chi connectivity index (χ0n) is 26.5. The van der Waals surface area contributed by atoms with Gasteiger partial charge in [-0.2, -0.15) is 0 Å². The second-order valence-electron chi connectivity index (χ2n) is 12.4. The highest BCUT2D eigenvalue weighted by Gasteiger charge is 2.25. The molecule has 43 heavy (non-hydrogen) atoms. The van der Waals surface area contributed by atoms with Gasteiger partial charge in [0, 0.05) is 72.3 Å². The Labute approximate surface area is 255 Å². The highest BCUT2D eigenvalue weighted by atomic mass is 16.5. The quantitative estimate of drug-likeness (QED) is 0.360. The number of ether oxygens (including phenoxy) is 1. The molecule has 4 heterocycles. The molecule has 0 bridgehead atoms. The van der Waals surface area contributed by atoms with Crippen LogP contribution in [0.5, 0.6) is 0 Å². The number of hydrogen-bond acceptors (Lipinski definition) is 6. The van der Waals surface area contributed by atoms with Gasteiger partial charge < -0.3 is 24.8 Å². The van der Waals surface area contributed by atoms with Gasteiger partial charge in [-0.05, 0) is 127 Å². The van der Waals surface area contributed by atoms with E-state index in [1.54, 1.807) is 0 Å². The number of pyridine rings is 2. The van der Waals surface area contributed by atoms with Crippen molar-refractivity contribution >= 4 is 11.6 Å². The fourth-order valence-corrected chi connectivity index (χ4v) is 6.66. The van der Waals surface area contributed by atoms with E-state index in [4.69, 9.17) is 9.72 Å². The van der Waals surface area contributed by atoms with Crippen LogP contribution in [-0.4, -0.2) is 66.7 Å². The minimum absolute atomic E-state index is 0.160. The monoisotopic (exact) mass is 585 g/mol. The van der Waals surface area contributed by atoms with E-state index in [-0.39, 0.29) is 18.0 Å². The number of carbonyl (C=O) groups excluding carboxylic acids is 1. The van der Waals surface area contributed by atoms with Crippen LogP contribution in [0.1, 0.15) is 71.0 Å². The first kappa shape index (κ1) is 31.0. The van der Waals surface area contributed by atoms with Crippen LogP contribution in [0, 0.1) is 26.7 Å². The van der Waals surface area contributed by atoms with Crippen LogP contribution in [0.4, 0.5) is 5.69 Å². The average Bonchev–Trinajstić information content (AvgIpc) is 3.00. The highest BCUT2D eigenvalue weighted by molar-refractivity contribution is 5.99. The molecule has 0 spiro atoms. The molecule has 2 fully saturated rings. The predicted molar refractivity (Wildman–Crippen MR) is 173 cm³/mol. The lowest BCUT2D eigenvalue weighted by atomic mass is 9.92. The van der Waals surface area contributed by atoms with Crippen molar-refractivity contribution < 1.29 is 9.53 Å². The molecule has 230 valence electrons. The van der Waals surface area contributed by atoms with E-state index in [0.717, 1.165) is 91.4 Å². The summed E-state index contributed by atoms with van der Waals surface area (Å²) in [6, 6.07) is 10.8. The lowest BCUT2D eigenvalue weighted by molar-refractivity contribution is 0.0846. The SMILES string of the molecule is CCN(c1cc(-c2ccc(CC3CCN(C)CC3)nc2)cc(C(=O)NCc2c(C)cc(C)[nH]c2=O)c1C)C1CCOCC1. The summed E-state index contributed by atoms with van der Waals surface area (Å²) in [5.41, 5.74) is 7.82. The summed E-state index contributed by atoms with van der Waals surface area (Å²) in [6.45, 7) is 12.8. The van der Waals surface area contributed by atoms with E-state index < -0.39 is 0 Å². The summed E-state index contributed by atoms with van der Waals surface area (Å²) >= 11 is 0. The van der Waals surface area contributed by atoms with Crippen molar-refractivity contribution in [3.63, 3.8) is 0 Å². The van der Waals surface area contributed by atoms with Gasteiger partial charge in [-0.1, -0.05) is 6.07 Å². The van der Waals surface area contributed by atoms with E-state index in [1.807, 2.05) is 39.1 Å². The number of carbonyl (C=O) groups is 1. The Morgan fingerprint density at radius 2 is 1.81 bits per heavy atom. The number of piperidine rings is 1. The summed E-state index contributed by atoms with van der Waals surface area (Å²) in [7, 11) is 2.19. The summed E-state index contributed by atoms with van der Waals surface area (Å²) in [5.74, 6) is 0.493. The molecule has 2 N–H and O–H groups in total. The molecule has 0 atom stereocenters. The second-order valence-corrected chi connectivity index (χ2v) is 12.4. The van der Waals surface area contributed by atoms with Gasteiger partial charge in [0.25, 0.3) is 11.5 Å². The van der Waals surface area contributed by atoms with Crippen LogP contribution < -0.4 is 15.8 Å². The number of nitrogens with zero attached hydrogens (tertiary/aromatic N) is 3. The molecule has 0 radical (unpaired) electrons. The van der Waals surface area contributed by atoms with Crippen molar-refractivity contribution in [3.8, 4) is 11.1 Å². The van der Waals surface area contributed by atoms with E-state index in [0.29, 0.717) is 23.1 Å². The van der Waals surface area contributed by atoms with E-state index in [1.165, 1.54) is 12.8 Å². The lowest BCUT2D eigenvalue weighted by Crippen LogP contribution is -2.40. The third-order valence-electron chi connectivity index (χ3n) is 9.32. The van der Waals surface area contributed by atoms with Gasteiger partial charge in [0.1, 0.15) is 0 Å². The van der Waals surface area contributed by atoms with Crippen LogP contribution in [0.3, 0.4) is 0 Å². The van der Waals surface area contributed by atoms with Crippen LogP contribution in [0.15, 0.2) is 41.3 Å². The topological polar surface area (TPSA) is 90.6 Å². The molecule has 2 aromatic heterocycles. The van der Waals surface area contributed by atoms with E-state index in [2.05, 4.69) is 52.3 Å². The maximum atomic E-state index is 13.8. The summed E-state index contributed by atoms with van der Waals surface area (Å²) in [5, 5.41) is 3.04. The normalized spacial score (nSPS) is 16.8. The Hall–Kier alpha value is -3.49. The number of rotatable bonds is 9. The van der Waals surface area contributed by atoms with Crippen molar-refractivity contribution in [1.29, 1.82) is 0 Å². The lowest BCUT2D eigenvalue weighted by Gasteiger charge is -2.37. The van der Waals surface area contributed by atoms with E-state index >= 15 is 0 Å². The Morgan fingerprint density at radius 1 is 1.07 bits per heavy atom. The van der Waals surface area contributed by atoms with Gasteiger partial charge >= 0.3 is 0 Å². The molecule has 0 aliphatic carbocycles. The highest BCUT2D eigenvalue weighted by Crippen LogP contribution is 2.34. The van der Waals surface area contributed by atoms with Gasteiger partial charge in [-0.25, -0.2) is 0 Å². The number of amides is 1. The first-order valence-corrected chi connectivity index (χ1v) is 15.8. The maximum Gasteiger partial charge on any atom is 0.253 e. The number of likely N-dealkylation sites (tertiary alicyclic amines) is 1. The minimum Gasteiger partial charge on any atom is -0.381 e. The molecule has 2 aliphatic heterocycles. The molecule has 5 rings (SSSR count). The van der Waals surface area contributed by atoms with Crippen molar-refractivity contribution in [2.75, 3.05) is 44.8 Å². The minimum atomic E-state index is -0.185. The van der Waals surface area contributed by atoms with Gasteiger partial charge in [0.2, 0.25) is 0 Å². The van der Waals surface area contributed by atoms with E-state index in [9.17, 15) is 9.59 Å². The third kappa shape index (κ3) is 7.36. The van der Waals surface area contributed by atoms with Crippen molar-refractivity contribution in [2.45, 2.75) is 72.4 Å². The Bertz CT molecular complexity index is 1470. The fraction of sp³-hybridized carbons (Fsp3) is 0.514. The maximum absolute atomic E-state index is 13.8. The third-order valence-corrected chi connectivity index (χ3v) is 9.32. The summed E-state index contributed by atoms with van der Waals surface area (Å²) in [6.07, 6.45) is 7.31. The van der Waals surface area contributed by atoms with Gasteiger partial charge in [0.05, 0.1) is 0 Å². The molecule has 0 saturated carbocycles. The first-order chi connectivity index (χ1) is 20.7. The number of H-pyrrole nitrogens is 1. The van der Waals surface area contributed by atoms with Crippen molar-refractivity contribution in [1.82, 2.24) is 20.2 Å². The molecule has 0 unspecified atom stereocenters. The first-order valence-electron chi connectivity index (χ1n) is 15.8. The number of benzene rings is 1. The standard InChI is InChI=1S/C35H47N5O3/c1-6-40(30-11-15-43-16-12-30)33-20-28(27-7-8-29(36-21-27)18-26-9-13-39(5)14-10-26)19-31(25(33)4)34(41)37-22-32-23(2)17-24(3)38-35(32)42/h7-8,17,19-21,26,30H,6,9-16,18,22H2,1-5H3,(H,37,41)(H,38,42). The molecule has 2 saturated heterocycles. The molecule has 8 nitrogen and oxygen atoms in total. The predicted octanol–water partition coefficient (Wildman–Crippen LogP) is 5.18. The van der Waals surface area contributed by atoms with Crippen LogP contribution in [-0.2, 0) is 17.7 Å². The van der Waals surface area contributed by atoms with Crippen LogP contribution >= 0.6 is 0 Å². The van der Waals surface area contributed by atoms with Crippen LogP contribution in [0.25, 0.3) is 11.1 Å². The zero-order chi connectivity index (χ0) is 30.5. The molecular formula is C35H47N5O3. The Kier molecular flexibility index (Phi) is 9.98. The molecule has 1 aromatic carbocycles. The number of aromatic nitrogens is 2. The number of nitrogens with one attached hydrogen (secondary N) is 2. The fourth-order valence-electron chi connectivity index (χ4n) is 6.66.